The van der Waals surface area contributed by atoms with Gasteiger partial charge >= 0.3 is 17.1 Å². The fraction of sp³-hybridized carbons (Fsp3) is 0.417. The van der Waals surface area contributed by atoms with Crippen molar-refractivity contribution in [2.45, 2.75) is 12.5 Å². The third-order valence-electron chi connectivity index (χ3n) is 2.12. The molecule has 0 heterocycles. The number of para-hydroxylation sites is 1. The minimum atomic E-state index is -0.928. The standard InChI is InChI=1S/C11H15NO3.CH4O.Cu.N3/c1-11(7-13,8-14)12-6-9-4-2-3-5-10(9)15;1-2;;1-3-2/h2-6,13-15H,7-8H2,1H3;2H,1H3;;/q;;+2;-1/p-1. The number of rotatable bonds is 4. The number of aliphatic imine (C=N–C) groups is 1. The molecule has 0 spiro atoms. The number of aliphatic hydroxyl groups is 3. The molecule has 0 saturated carbocycles. The second kappa shape index (κ2) is 14.8. The molecule has 0 bridgehead atoms. The summed E-state index contributed by atoms with van der Waals surface area (Å²) in [6.07, 6.45) is 1.38. The van der Waals surface area contributed by atoms with Crippen molar-refractivity contribution >= 4 is 6.21 Å². The Morgan fingerprint density at radius 2 is 1.67 bits per heavy atom. The van der Waals surface area contributed by atoms with Gasteiger partial charge in [-0.3, -0.25) is 9.90 Å². The van der Waals surface area contributed by atoms with E-state index in [-0.39, 0.29) is 36.0 Å². The van der Waals surface area contributed by atoms with Crippen molar-refractivity contribution in [3.63, 3.8) is 0 Å². The maximum Gasteiger partial charge on any atom is 2.00 e. The monoisotopic (exact) mass is 345 g/mol. The van der Waals surface area contributed by atoms with E-state index in [2.05, 4.69) is 4.99 Å². The molecule has 0 aromatic heterocycles. The molecule has 1 rings (SSSR count). The second-order valence-electron chi connectivity index (χ2n) is 3.70. The van der Waals surface area contributed by atoms with Crippen molar-refractivity contribution < 1.29 is 37.5 Å². The molecule has 0 aliphatic rings. The quantitative estimate of drug-likeness (QED) is 0.237. The van der Waals surface area contributed by atoms with Crippen LogP contribution in [0.3, 0.4) is 0 Å². The second-order valence-corrected chi connectivity index (χ2v) is 3.70. The molecule has 0 saturated heterocycles. The summed E-state index contributed by atoms with van der Waals surface area (Å²) in [5.41, 5.74) is 13.0. The molecule has 0 aliphatic heterocycles. The van der Waals surface area contributed by atoms with E-state index < -0.39 is 5.54 Å². The first-order chi connectivity index (χ1) is 9.52. The van der Waals surface area contributed by atoms with Crippen LogP contribution < -0.4 is 5.11 Å². The zero-order valence-corrected chi connectivity index (χ0v) is 12.6. The van der Waals surface area contributed by atoms with E-state index in [0.717, 1.165) is 7.11 Å². The first-order valence-electron chi connectivity index (χ1n) is 5.49. The van der Waals surface area contributed by atoms with Gasteiger partial charge < -0.3 is 31.5 Å². The summed E-state index contributed by atoms with van der Waals surface area (Å²) in [5.74, 6) is -0.125. The van der Waals surface area contributed by atoms with Gasteiger partial charge in [0, 0.05) is 13.3 Å². The predicted molar refractivity (Wildman–Crippen MR) is 74.3 cm³/mol. The van der Waals surface area contributed by atoms with Gasteiger partial charge in [-0.2, -0.15) is 0 Å². The van der Waals surface area contributed by atoms with Gasteiger partial charge in [0.2, 0.25) is 0 Å². The molecule has 0 unspecified atom stereocenters. The molecule has 8 nitrogen and oxygen atoms in total. The molecule has 121 valence electrons. The molecule has 0 fully saturated rings. The van der Waals surface area contributed by atoms with Crippen LogP contribution in [0.25, 0.3) is 16.0 Å². The van der Waals surface area contributed by atoms with E-state index in [1.165, 1.54) is 17.2 Å². The van der Waals surface area contributed by atoms with E-state index in [9.17, 15) is 5.11 Å². The molecule has 9 heteroatoms. The maximum absolute atomic E-state index is 11.3. The van der Waals surface area contributed by atoms with Gasteiger partial charge in [-0.25, -0.2) is 0 Å². The van der Waals surface area contributed by atoms with Crippen molar-refractivity contribution in [2.24, 2.45) is 4.99 Å². The molecule has 1 radical (unpaired) electrons. The number of hydrogen-bond donors (Lipinski definition) is 3. The molecule has 3 N–H and O–H groups in total. The molecule has 1 aromatic rings. The molecule has 0 amide bonds. The summed E-state index contributed by atoms with van der Waals surface area (Å²) in [4.78, 5) is 5.50. The minimum Gasteiger partial charge on any atom is -0.872 e. The topological polar surface area (TPSA) is 155 Å². The molecule has 0 atom stereocenters. The summed E-state index contributed by atoms with van der Waals surface area (Å²) in [7, 11) is 1.00. The Bertz CT molecular complexity index is 433. The van der Waals surface area contributed by atoms with Crippen LogP contribution in [0.4, 0.5) is 0 Å². The van der Waals surface area contributed by atoms with Crippen LogP contribution in [-0.2, 0) is 17.1 Å². The zero-order chi connectivity index (χ0) is 16.0. The summed E-state index contributed by atoms with van der Waals surface area (Å²) >= 11 is 0. The van der Waals surface area contributed by atoms with Gasteiger partial charge in [-0.15, -0.1) is 5.75 Å². The van der Waals surface area contributed by atoms with Crippen molar-refractivity contribution in [3.8, 4) is 5.75 Å². The Labute approximate surface area is 133 Å². The fourth-order valence-electron chi connectivity index (χ4n) is 0.944. The third-order valence-corrected chi connectivity index (χ3v) is 2.12. The fourth-order valence-corrected chi connectivity index (χ4v) is 0.944. The Morgan fingerprint density at radius 1 is 1.24 bits per heavy atom. The Morgan fingerprint density at radius 3 is 2.05 bits per heavy atom. The molecule has 1 aromatic carbocycles. The Balaban J connectivity index is -0.000000479. The maximum atomic E-state index is 11.3. The van der Waals surface area contributed by atoms with E-state index in [0.29, 0.717) is 5.56 Å². The van der Waals surface area contributed by atoms with Crippen molar-refractivity contribution in [1.29, 1.82) is 0 Å². The van der Waals surface area contributed by atoms with E-state index in [1.807, 2.05) is 0 Å². The zero-order valence-electron chi connectivity index (χ0n) is 11.6. The Hall–Kier alpha value is -1.60. The van der Waals surface area contributed by atoms with Crippen LogP contribution in [0.2, 0.25) is 0 Å². The van der Waals surface area contributed by atoms with Gasteiger partial charge in [0.15, 0.2) is 0 Å². The SMILES string of the molecule is CC(CO)(CO)N=Cc1ccccc1[O-].CO.[Cu+2].[N-]=[N+]=[N-]. The van der Waals surface area contributed by atoms with E-state index in [4.69, 9.17) is 26.4 Å². The summed E-state index contributed by atoms with van der Waals surface area (Å²) in [6.45, 7) is 1.08. The smallest absolute Gasteiger partial charge is 0.872 e. The van der Waals surface area contributed by atoms with Gasteiger partial charge in [-0.05, 0) is 12.5 Å². The van der Waals surface area contributed by atoms with Crippen LogP contribution in [0.5, 0.6) is 5.75 Å². The molecule has 21 heavy (non-hydrogen) atoms. The van der Waals surface area contributed by atoms with E-state index in [1.54, 1.807) is 25.1 Å². The predicted octanol–water partition coefficient (Wildman–Crippen LogP) is 0.394. The van der Waals surface area contributed by atoms with Crippen molar-refractivity contribution in [2.75, 3.05) is 20.3 Å². The van der Waals surface area contributed by atoms with Gasteiger partial charge in [0.1, 0.15) is 5.54 Å². The normalized spacial score (nSPS) is 9.38. The summed E-state index contributed by atoms with van der Waals surface area (Å²) < 4.78 is 0. The van der Waals surface area contributed by atoms with Crippen LogP contribution in [0, 0.1) is 0 Å². The van der Waals surface area contributed by atoms with Gasteiger partial charge in [0.25, 0.3) is 0 Å². The van der Waals surface area contributed by atoms with Gasteiger partial charge in [0.05, 0.1) is 13.2 Å². The average Bonchev–Trinajstić information content (AvgIpc) is 2.49. The van der Waals surface area contributed by atoms with Crippen LogP contribution >= 0.6 is 0 Å². The molecular formula is C12H18CuN4O4. The third kappa shape index (κ3) is 10.8. The minimum absolute atomic E-state index is 0. The average molecular weight is 346 g/mol. The summed E-state index contributed by atoms with van der Waals surface area (Å²) in [6, 6.07) is 6.46. The van der Waals surface area contributed by atoms with Crippen molar-refractivity contribution in [3.05, 3.63) is 45.8 Å². The first-order valence-corrected chi connectivity index (χ1v) is 5.49. The largest absolute Gasteiger partial charge is 2.00 e. The molecule has 0 aliphatic carbocycles. The molecular weight excluding hydrogens is 328 g/mol. The first kappa shape index (κ1) is 24.4. The van der Waals surface area contributed by atoms with E-state index >= 15 is 0 Å². The van der Waals surface area contributed by atoms with Crippen LogP contribution in [0.15, 0.2) is 29.3 Å². The number of hydrogen-bond acceptors (Lipinski definition) is 5. The van der Waals surface area contributed by atoms with Crippen LogP contribution in [-0.4, -0.2) is 47.4 Å². The summed E-state index contributed by atoms with van der Waals surface area (Å²) in [5, 5.41) is 36.3. The van der Waals surface area contributed by atoms with Crippen LogP contribution in [0.1, 0.15) is 12.5 Å². The Kier molecular flexibility index (Phi) is 17.2. The van der Waals surface area contributed by atoms with Crippen molar-refractivity contribution in [1.82, 2.24) is 0 Å². The van der Waals surface area contributed by atoms with Gasteiger partial charge in [-0.1, -0.05) is 24.3 Å². The number of aliphatic hydroxyl groups excluding tert-OH is 3. The number of nitrogens with zero attached hydrogens (tertiary/aromatic N) is 4. The number of benzene rings is 1.